The molecule has 0 radical (unpaired) electrons. The molecule has 0 bridgehead atoms. The minimum absolute atomic E-state index is 0.164. The number of nitriles is 1. The van der Waals surface area contributed by atoms with Gasteiger partial charge >= 0.3 is 0 Å². The molecule has 0 aromatic carbocycles. The summed E-state index contributed by atoms with van der Waals surface area (Å²) in [6.07, 6.45) is 7.51. The highest BCUT2D eigenvalue weighted by Gasteiger charge is 2.22. The van der Waals surface area contributed by atoms with E-state index in [4.69, 9.17) is 9.68 Å². The van der Waals surface area contributed by atoms with Gasteiger partial charge in [0.2, 0.25) is 0 Å². The Kier molecular flexibility index (Phi) is 4.01. The first-order chi connectivity index (χ1) is 7.90. The van der Waals surface area contributed by atoms with Crippen molar-refractivity contribution in [3.05, 3.63) is 24.2 Å². The Hall–Kier alpha value is -1.27. The Balaban J connectivity index is 1.88. The summed E-state index contributed by atoms with van der Waals surface area (Å²) in [4.78, 5) is 0. The van der Waals surface area contributed by atoms with Gasteiger partial charge in [-0.1, -0.05) is 19.3 Å². The molecule has 2 atom stereocenters. The van der Waals surface area contributed by atoms with Crippen LogP contribution in [0.5, 0.6) is 0 Å². The Bertz CT molecular complexity index is 339. The lowest BCUT2D eigenvalue weighted by Gasteiger charge is -2.20. The summed E-state index contributed by atoms with van der Waals surface area (Å²) in [6, 6.07) is 6.62. The van der Waals surface area contributed by atoms with E-state index in [1.54, 1.807) is 6.26 Å². The van der Waals surface area contributed by atoms with E-state index in [0.29, 0.717) is 6.04 Å². The van der Waals surface area contributed by atoms with E-state index in [9.17, 15) is 0 Å². The molecule has 1 saturated carbocycles. The fourth-order valence-electron chi connectivity index (χ4n) is 2.35. The normalized spacial score (nSPS) is 25.9. The minimum Gasteiger partial charge on any atom is -0.468 e. The molecule has 2 unspecified atom stereocenters. The number of nitrogens with one attached hydrogen (secondary N) is 1. The Morgan fingerprint density at radius 2 is 2.25 bits per heavy atom. The maximum atomic E-state index is 9.13. The van der Waals surface area contributed by atoms with Crippen molar-refractivity contribution in [2.75, 3.05) is 0 Å². The van der Waals surface area contributed by atoms with E-state index in [0.717, 1.165) is 25.1 Å². The van der Waals surface area contributed by atoms with Gasteiger partial charge in [0.1, 0.15) is 5.76 Å². The smallest absolute Gasteiger partial charge is 0.117 e. The van der Waals surface area contributed by atoms with Crippen molar-refractivity contribution >= 4 is 0 Å². The second-order valence-electron chi connectivity index (χ2n) is 4.44. The Morgan fingerprint density at radius 1 is 1.38 bits per heavy atom. The van der Waals surface area contributed by atoms with Crippen molar-refractivity contribution in [3.8, 4) is 6.07 Å². The van der Waals surface area contributed by atoms with Gasteiger partial charge in [0.15, 0.2) is 0 Å². The van der Waals surface area contributed by atoms with Crippen LogP contribution in [0.25, 0.3) is 0 Å². The summed E-state index contributed by atoms with van der Waals surface area (Å²) < 4.78 is 5.28. The van der Waals surface area contributed by atoms with Crippen molar-refractivity contribution < 1.29 is 4.42 Å². The van der Waals surface area contributed by atoms with Crippen LogP contribution in [0.1, 0.15) is 37.9 Å². The van der Waals surface area contributed by atoms with Crippen LogP contribution < -0.4 is 5.32 Å². The third-order valence-corrected chi connectivity index (χ3v) is 3.30. The summed E-state index contributed by atoms with van der Waals surface area (Å²) in [5.74, 6) is 1.11. The van der Waals surface area contributed by atoms with Crippen LogP contribution >= 0.6 is 0 Å². The van der Waals surface area contributed by atoms with Gasteiger partial charge < -0.3 is 9.73 Å². The van der Waals surface area contributed by atoms with E-state index >= 15 is 0 Å². The topological polar surface area (TPSA) is 49.0 Å². The quantitative estimate of drug-likeness (QED) is 0.794. The molecule has 1 fully saturated rings. The van der Waals surface area contributed by atoms with Crippen molar-refractivity contribution in [2.24, 2.45) is 5.92 Å². The molecule has 2 rings (SSSR count). The first-order valence-corrected chi connectivity index (χ1v) is 6.05. The molecule has 1 heterocycles. The molecule has 1 aliphatic carbocycles. The third kappa shape index (κ3) is 2.86. The van der Waals surface area contributed by atoms with Crippen LogP contribution in [-0.4, -0.2) is 6.04 Å². The van der Waals surface area contributed by atoms with E-state index in [1.807, 2.05) is 12.1 Å². The fourth-order valence-corrected chi connectivity index (χ4v) is 2.35. The van der Waals surface area contributed by atoms with Gasteiger partial charge in [0.05, 0.1) is 24.8 Å². The van der Waals surface area contributed by atoms with Gasteiger partial charge in [-0.2, -0.15) is 5.26 Å². The number of hydrogen-bond donors (Lipinski definition) is 1. The van der Waals surface area contributed by atoms with Crippen molar-refractivity contribution in [1.82, 2.24) is 5.32 Å². The fraction of sp³-hybridized carbons (Fsp3) is 0.615. The molecule has 0 saturated heterocycles. The third-order valence-electron chi connectivity index (χ3n) is 3.30. The molecule has 1 aromatic rings. The first-order valence-electron chi connectivity index (χ1n) is 6.05. The standard InChI is InChI=1S/C13H18N2O/c14-9-11-5-2-1-3-7-13(11)15-10-12-6-4-8-16-12/h4,6,8,11,13,15H,1-3,5,7,10H2. The first kappa shape index (κ1) is 11.2. The number of rotatable bonds is 3. The van der Waals surface area contributed by atoms with Crippen LogP contribution in [0.4, 0.5) is 0 Å². The summed E-state index contributed by atoms with van der Waals surface area (Å²) in [6.45, 7) is 0.732. The molecule has 86 valence electrons. The lowest BCUT2D eigenvalue weighted by molar-refractivity contribution is 0.371. The molecule has 0 amide bonds. The monoisotopic (exact) mass is 218 g/mol. The second-order valence-corrected chi connectivity index (χ2v) is 4.44. The highest BCUT2D eigenvalue weighted by Crippen LogP contribution is 2.23. The second kappa shape index (κ2) is 5.72. The molecule has 3 nitrogen and oxygen atoms in total. The van der Waals surface area contributed by atoms with E-state index in [2.05, 4.69) is 11.4 Å². The molecule has 1 N–H and O–H groups in total. The maximum absolute atomic E-state index is 9.13. The van der Waals surface area contributed by atoms with Gasteiger partial charge in [0.25, 0.3) is 0 Å². The molecule has 0 spiro atoms. The van der Waals surface area contributed by atoms with Crippen LogP contribution in [0.2, 0.25) is 0 Å². The average molecular weight is 218 g/mol. The lowest BCUT2D eigenvalue weighted by atomic mass is 9.96. The summed E-state index contributed by atoms with van der Waals surface area (Å²) in [7, 11) is 0. The van der Waals surface area contributed by atoms with E-state index in [-0.39, 0.29) is 5.92 Å². The van der Waals surface area contributed by atoms with Gasteiger partial charge in [-0.25, -0.2) is 0 Å². The van der Waals surface area contributed by atoms with Crippen LogP contribution in [0, 0.1) is 17.2 Å². The molecular weight excluding hydrogens is 200 g/mol. The van der Waals surface area contributed by atoms with Crippen LogP contribution in [0.3, 0.4) is 0 Å². The molecule has 1 aromatic heterocycles. The van der Waals surface area contributed by atoms with E-state index < -0.39 is 0 Å². The zero-order valence-corrected chi connectivity index (χ0v) is 9.48. The Morgan fingerprint density at radius 3 is 3.00 bits per heavy atom. The van der Waals surface area contributed by atoms with Gasteiger partial charge in [-0.05, 0) is 25.0 Å². The van der Waals surface area contributed by atoms with Crippen LogP contribution in [0.15, 0.2) is 22.8 Å². The molecule has 16 heavy (non-hydrogen) atoms. The zero-order chi connectivity index (χ0) is 11.2. The lowest BCUT2D eigenvalue weighted by Crippen LogP contribution is -2.34. The molecule has 3 heteroatoms. The molecule has 1 aliphatic rings. The predicted molar refractivity (Wildman–Crippen MR) is 61.5 cm³/mol. The maximum Gasteiger partial charge on any atom is 0.117 e. The number of nitrogens with zero attached hydrogens (tertiary/aromatic N) is 1. The minimum atomic E-state index is 0.164. The molecular formula is C13H18N2O. The molecule has 0 aliphatic heterocycles. The highest BCUT2D eigenvalue weighted by atomic mass is 16.3. The summed E-state index contributed by atoms with van der Waals surface area (Å²) >= 11 is 0. The van der Waals surface area contributed by atoms with Crippen LogP contribution in [-0.2, 0) is 6.54 Å². The van der Waals surface area contributed by atoms with Gasteiger partial charge in [0, 0.05) is 6.04 Å². The highest BCUT2D eigenvalue weighted by molar-refractivity contribution is 4.99. The van der Waals surface area contributed by atoms with Crippen molar-refractivity contribution in [1.29, 1.82) is 5.26 Å². The van der Waals surface area contributed by atoms with Gasteiger partial charge in [-0.15, -0.1) is 0 Å². The zero-order valence-electron chi connectivity index (χ0n) is 9.48. The number of furan rings is 1. The summed E-state index contributed by atoms with van der Waals surface area (Å²) in [5.41, 5.74) is 0. The van der Waals surface area contributed by atoms with Crippen molar-refractivity contribution in [3.63, 3.8) is 0 Å². The van der Waals surface area contributed by atoms with Crippen molar-refractivity contribution in [2.45, 2.75) is 44.7 Å². The van der Waals surface area contributed by atoms with E-state index in [1.165, 1.54) is 19.3 Å². The largest absolute Gasteiger partial charge is 0.468 e. The Labute approximate surface area is 96.4 Å². The number of hydrogen-bond acceptors (Lipinski definition) is 3. The average Bonchev–Trinajstić information content (AvgIpc) is 2.71. The SMILES string of the molecule is N#CC1CCCCCC1NCc1ccco1. The van der Waals surface area contributed by atoms with Gasteiger partial charge in [-0.3, -0.25) is 0 Å². The predicted octanol–water partition coefficient (Wildman–Crippen LogP) is 2.84. The summed E-state index contributed by atoms with van der Waals surface area (Å²) in [5, 5.41) is 12.6.